The van der Waals surface area contributed by atoms with Gasteiger partial charge in [0.2, 0.25) is 0 Å². The minimum atomic E-state index is -0.185. The lowest BCUT2D eigenvalue weighted by Crippen LogP contribution is -2.24. The maximum absolute atomic E-state index is 12.3. The molecule has 0 aliphatic carbocycles. The quantitative estimate of drug-likeness (QED) is 0.629. The number of H-pyrrole nitrogens is 1. The molecule has 0 bridgehead atoms. The highest BCUT2D eigenvalue weighted by Crippen LogP contribution is 2.13. The van der Waals surface area contributed by atoms with Crippen molar-refractivity contribution in [3.8, 4) is 0 Å². The molecule has 0 atom stereocenters. The van der Waals surface area contributed by atoms with Gasteiger partial charge in [-0.05, 0) is 25.0 Å². The lowest BCUT2D eigenvalue weighted by Gasteiger charge is -2.11. The molecule has 1 aromatic heterocycles. The van der Waals surface area contributed by atoms with Gasteiger partial charge in [-0.2, -0.15) is 0 Å². The van der Waals surface area contributed by atoms with E-state index in [0.29, 0.717) is 35.8 Å². The number of hydrogen-bond acceptors (Lipinski definition) is 4. The Hall–Kier alpha value is -3.15. The Kier molecular flexibility index (Phi) is 4.79. The van der Waals surface area contributed by atoms with Gasteiger partial charge in [0.15, 0.2) is 0 Å². The zero-order valence-electron chi connectivity index (χ0n) is 14.1. The van der Waals surface area contributed by atoms with Crippen LogP contribution in [0.3, 0.4) is 0 Å². The molecule has 6 heteroatoms. The average Bonchev–Trinajstić information content (AvgIpc) is 3.11. The molecule has 0 fully saturated rings. The number of amides is 1. The van der Waals surface area contributed by atoms with E-state index < -0.39 is 0 Å². The molecule has 0 saturated heterocycles. The highest BCUT2D eigenvalue weighted by Gasteiger charge is 2.17. The summed E-state index contributed by atoms with van der Waals surface area (Å²) in [7, 11) is 0. The standard InChI is InChI=1S/C19H21N5O/c1-12-4-6-13(7-5-12)10-24-19(25)14-9-16(23-11-14)17(20)15-3-2-8-22-18(15)21/h3-7,9,11,20,23H,2,8,10H2,1H3,(H2,21,22)(H,24,25). The maximum atomic E-state index is 12.3. The number of hydrogen-bond donors (Lipinski definition) is 4. The van der Waals surface area contributed by atoms with E-state index in [4.69, 9.17) is 11.1 Å². The average molecular weight is 335 g/mol. The number of amidine groups is 1. The van der Waals surface area contributed by atoms with Crippen molar-refractivity contribution in [2.75, 3.05) is 6.54 Å². The second kappa shape index (κ2) is 7.17. The number of nitrogens with two attached hydrogens (primary N) is 1. The van der Waals surface area contributed by atoms with Gasteiger partial charge in [0, 0.05) is 24.9 Å². The van der Waals surface area contributed by atoms with Crippen LogP contribution in [-0.2, 0) is 6.54 Å². The van der Waals surface area contributed by atoms with Gasteiger partial charge in [-0.15, -0.1) is 0 Å². The van der Waals surface area contributed by atoms with E-state index in [1.165, 1.54) is 5.56 Å². The fraction of sp³-hybridized carbons (Fsp3) is 0.211. The Balaban J connectivity index is 1.65. The summed E-state index contributed by atoms with van der Waals surface area (Å²) in [4.78, 5) is 19.4. The number of aliphatic imine (C=N–C) groups is 1. The Morgan fingerprint density at radius 2 is 2.12 bits per heavy atom. The Bertz CT molecular complexity index is 858. The van der Waals surface area contributed by atoms with Crippen LogP contribution in [0.2, 0.25) is 0 Å². The minimum Gasteiger partial charge on any atom is -0.383 e. The summed E-state index contributed by atoms with van der Waals surface area (Å²) >= 11 is 0. The third-order valence-corrected chi connectivity index (χ3v) is 4.09. The van der Waals surface area contributed by atoms with Gasteiger partial charge in [0.1, 0.15) is 5.84 Å². The molecule has 1 aliphatic heterocycles. The van der Waals surface area contributed by atoms with Crippen molar-refractivity contribution in [1.82, 2.24) is 10.3 Å². The fourth-order valence-corrected chi connectivity index (χ4v) is 2.62. The van der Waals surface area contributed by atoms with E-state index in [1.807, 2.05) is 37.3 Å². The second-order valence-electron chi connectivity index (χ2n) is 6.02. The normalized spacial score (nSPS) is 13.8. The number of dihydropyridines is 1. The first-order chi connectivity index (χ1) is 12.0. The molecular weight excluding hydrogens is 314 g/mol. The van der Waals surface area contributed by atoms with Crippen molar-refractivity contribution in [2.45, 2.75) is 19.9 Å². The van der Waals surface area contributed by atoms with Crippen molar-refractivity contribution >= 4 is 17.5 Å². The zero-order chi connectivity index (χ0) is 17.8. The Labute approximate surface area is 146 Å². The number of aryl methyl sites for hydroxylation is 1. The van der Waals surface area contributed by atoms with Crippen LogP contribution in [0.1, 0.15) is 33.6 Å². The van der Waals surface area contributed by atoms with E-state index in [1.54, 1.807) is 12.3 Å². The van der Waals surface area contributed by atoms with Crippen LogP contribution >= 0.6 is 0 Å². The number of carbonyl (C=O) groups excluding carboxylic acids is 1. The van der Waals surface area contributed by atoms with Gasteiger partial charge in [-0.1, -0.05) is 35.9 Å². The molecular formula is C19H21N5O. The number of carbonyl (C=O) groups is 1. The van der Waals surface area contributed by atoms with Crippen LogP contribution in [0.4, 0.5) is 0 Å². The van der Waals surface area contributed by atoms with E-state index >= 15 is 0 Å². The van der Waals surface area contributed by atoms with E-state index in [-0.39, 0.29) is 11.6 Å². The summed E-state index contributed by atoms with van der Waals surface area (Å²) in [6.07, 6.45) is 4.27. The third-order valence-electron chi connectivity index (χ3n) is 4.09. The number of aromatic amines is 1. The van der Waals surface area contributed by atoms with Crippen molar-refractivity contribution < 1.29 is 4.79 Å². The summed E-state index contributed by atoms with van der Waals surface area (Å²) in [6, 6.07) is 9.68. The Morgan fingerprint density at radius 1 is 1.36 bits per heavy atom. The Morgan fingerprint density at radius 3 is 2.84 bits per heavy atom. The summed E-state index contributed by atoms with van der Waals surface area (Å²) < 4.78 is 0. The van der Waals surface area contributed by atoms with Crippen LogP contribution in [0.5, 0.6) is 0 Å². The molecule has 0 spiro atoms. The molecule has 0 saturated carbocycles. The van der Waals surface area contributed by atoms with Gasteiger partial charge in [0.25, 0.3) is 5.91 Å². The van der Waals surface area contributed by atoms with Gasteiger partial charge < -0.3 is 16.0 Å². The van der Waals surface area contributed by atoms with Crippen molar-refractivity contribution in [2.24, 2.45) is 10.7 Å². The van der Waals surface area contributed by atoms with Crippen LogP contribution in [0.25, 0.3) is 0 Å². The molecule has 2 aromatic rings. The lowest BCUT2D eigenvalue weighted by molar-refractivity contribution is 0.0951. The largest absolute Gasteiger partial charge is 0.383 e. The molecule has 1 aromatic carbocycles. The second-order valence-corrected chi connectivity index (χ2v) is 6.02. The number of nitrogens with zero attached hydrogens (tertiary/aromatic N) is 1. The molecule has 1 amide bonds. The molecule has 1 aliphatic rings. The van der Waals surface area contributed by atoms with Crippen molar-refractivity contribution in [3.63, 3.8) is 0 Å². The van der Waals surface area contributed by atoms with E-state index in [2.05, 4.69) is 15.3 Å². The smallest absolute Gasteiger partial charge is 0.253 e. The monoisotopic (exact) mass is 335 g/mol. The predicted octanol–water partition coefficient (Wildman–Crippen LogP) is 2.31. The first-order valence-electron chi connectivity index (χ1n) is 8.16. The first kappa shape index (κ1) is 16.7. The van der Waals surface area contributed by atoms with Gasteiger partial charge in [-0.3, -0.25) is 15.2 Å². The highest BCUT2D eigenvalue weighted by molar-refractivity contribution is 6.27. The van der Waals surface area contributed by atoms with Crippen LogP contribution in [0, 0.1) is 12.3 Å². The molecule has 0 radical (unpaired) electrons. The van der Waals surface area contributed by atoms with Crippen molar-refractivity contribution in [1.29, 1.82) is 5.41 Å². The third kappa shape index (κ3) is 3.85. The van der Waals surface area contributed by atoms with Crippen LogP contribution in [-0.4, -0.2) is 29.0 Å². The molecule has 2 heterocycles. The molecule has 128 valence electrons. The number of nitrogens with one attached hydrogen (secondary N) is 3. The van der Waals surface area contributed by atoms with E-state index in [0.717, 1.165) is 12.0 Å². The number of aromatic nitrogens is 1. The summed E-state index contributed by atoms with van der Waals surface area (Å²) in [6.45, 7) is 3.14. The molecule has 6 nitrogen and oxygen atoms in total. The summed E-state index contributed by atoms with van der Waals surface area (Å²) in [5, 5.41) is 11.2. The van der Waals surface area contributed by atoms with Crippen LogP contribution < -0.4 is 11.1 Å². The molecule has 3 rings (SSSR count). The SMILES string of the molecule is Cc1ccc(CNC(=O)c2c[nH]c(C(=N)C3=CCCN=C3N)c2)cc1. The molecule has 5 N–H and O–H groups in total. The number of rotatable bonds is 5. The zero-order valence-corrected chi connectivity index (χ0v) is 14.1. The first-order valence-corrected chi connectivity index (χ1v) is 8.16. The van der Waals surface area contributed by atoms with Crippen LogP contribution in [0.15, 0.2) is 53.2 Å². The van der Waals surface area contributed by atoms with Crippen molar-refractivity contribution in [3.05, 3.63) is 70.6 Å². The summed E-state index contributed by atoms with van der Waals surface area (Å²) in [5.74, 6) is 0.186. The van der Waals surface area contributed by atoms with Gasteiger partial charge in [-0.25, -0.2) is 0 Å². The summed E-state index contributed by atoms with van der Waals surface area (Å²) in [5.41, 5.74) is 9.97. The minimum absolute atomic E-state index is 0.185. The lowest BCUT2D eigenvalue weighted by atomic mass is 10.0. The molecule has 0 unspecified atom stereocenters. The molecule has 25 heavy (non-hydrogen) atoms. The van der Waals surface area contributed by atoms with Gasteiger partial charge >= 0.3 is 0 Å². The maximum Gasteiger partial charge on any atom is 0.253 e. The predicted molar refractivity (Wildman–Crippen MR) is 99.2 cm³/mol. The topological polar surface area (TPSA) is 107 Å². The van der Waals surface area contributed by atoms with E-state index in [9.17, 15) is 4.79 Å². The highest BCUT2D eigenvalue weighted by atomic mass is 16.1. The number of benzene rings is 1. The fourth-order valence-electron chi connectivity index (χ4n) is 2.62. The van der Waals surface area contributed by atoms with Gasteiger partial charge in [0.05, 0.1) is 17.0 Å².